The normalized spacial score (nSPS) is 19.2. The maximum Gasteiger partial charge on any atom is 0.227 e. The number of aryl methyl sites for hydroxylation is 3. The van der Waals surface area contributed by atoms with E-state index in [9.17, 15) is 0 Å². The summed E-state index contributed by atoms with van der Waals surface area (Å²) in [6.45, 7) is 7.20. The predicted molar refractivity (Wildman–Crippen MR) is 92.9 cm³/mol. The van der Waals surface area contributed by atoms with Gasteiger partial charge in [-0.15, -0.1) is 11.8 Å². The van der Waals surface area contributed by atoms with Crippen molar-refractivity contribution in [2.75, 3.05) is 32.4 Å². The van der Waals surface area contributed by atoms with E-state index in [1.165, 1.54) is 16.0 Å². The highest BCUT2D eigenvalue weighted by Crippen LogP contribution is 2.22. The summed E-state index contributed by atoms with van der Waals surface area (Å²) in [6.07, 6.45) is 0.800. The van der Waals surface area contributed by atoms with Crippen LogP contribution >= 0.6 is 11.8 Å². The molecule has 1 aliphatic heterocycles. The van der Waals surface area contributed by atoms with E-state index in [1.807, 2.05) is 11.8 Å². The lowest BCUT2D eigenvalue weighted by Crippen LogP contribution is -2.44. The molecule has 0 amide bonds. The Balaban J connectivity index is 1.53. The number of hydrogen-bond acceptors (Lipinski definition) is 6. The summed E-state index contributed by atoms with van der Waals surface area (Å²) in [6, 6.07) is 6.80. The van der Waals surface area contributed by atoms with Gasteiger partial charge in [0.25, 0.3) is 0 Å². The van der Waals surface area contributed by atoms with Gasteiger partial charge in [-0.1, -0.05) is 11.2 Å². The molecule has 1 aromatic carbocycles. The molecule has 1 atom stereocenters. The number of rotatable bonds is 5. The van der Waals surface area contributed by atoms with E-state index in [-0.39, 0.29) is 6.04 Å². The molecule has 0 saturated carbocycles. The second kappa shape index (κ2) is 7.47. The number of nitrogens with zero attached hydrogens (tertiary/aromatic N) is 3. The van der Waals surface area contributed by atoms with Crippen LogP contribution in [0.15, 0.2) is 27.6 Å². The first-order valence-corrected chi connectivity index (χ1v) is 9.05. The smallest absolute Gasteiger partial charge is 0.227 e. The van der Waals surface area contributed by atoms with E-state index in [0.717, 1.165) is 43.5 Å². The summed E-state index contributed by atoms with van der Waals surface area (Å²) in [7, 11) is 2.11. The van der Waals surface area contributed by atoms with Crippen LogP contribution < -0.4 is 5.32 Å². The Labute approximate surface area is 141 Å². The lowest BCUT2D eigenvalue weighted by molar-refractivity contribution is 0.190. The number of likely N-dealkylation sites (N-methyl/N-ethyl adjacent to an activating group) is 1. The van der Waals surface area contributed by atoms with Crippen molar-refractivity contribution in [3.8, 4) is 0 Å². The monoisotopic (exact) mass is 332 g/mol. The lowest BCUT2D eigenvalue weighted by atomic mass is 10.1. The molecule has 23 heavy (non-hydrogen) atoms. The van der Waals surface area contributed by atoms with Gasteiger partial charge in [0.05, 0.1) is 6.04 Å². The van der Waals surface area contributed by atoms with Gasteiger partial charge in [-0.25, -0.2) is 0 Å². The van der Waals surface area contributed by atoms with Gasteiger partial charge in [0, 0.05) is 36.7 Å². The van der Waals surface area contributed by atoms with Crippen LogP contribution in [0.3, 0.4) is 0 Å². The topological polar surface area (TPSA) is 54.2 Å². The number of hydrogen-bond donors (Lipinski definition) is 1. The third-order valence-corrected chi connectivity index (χ3v) is 5.35. The van der Waals surface area contributed by atoms with Crippen molar-refractivity contribution < 1.29 is 4.52 Å². The zero-order chi connectivity index (χ0) is 16.2. The highest BCUT2D eigenvalue weighted by atomic mass is 32.2. The van der Waals surface area contributed by atoms with Gasteiger partial charge in [0.1, 0.15) is 0 Å². The summed E-state index contributed by atoms with van der Waals surface area (Å²) in [5, 5.41) is 7.54. The molecule has 124 valence electrons. The third-order valence-electron chi connectivity index (χ3n) is 4.36. The van der Waals surface area contributed by atoms with Crippen molar-refractivity contribution in [3.63, 3.8) is 0 Å². The quantitative estimate of drug-likeness (QED) is 0.850. The molecule has 0 aliphatic carbocycles. The molecule has 1 saturated heterocycles. The van der Waals surface area contributed by atoms with Gasteiger partial charge in [-0.2, -0.15) is 4.98 Å². The van der Waals surface area contributed by atoms with Crippen LogP contribution in [0.2, 0.25) is 0 Å². The minimum Gasteiger partial charge on any atom is -0.339 e. The first kappa shape index (κ1) is 16.5. The molecule has 2 aromatic rings. The SMILES string of the molecule is Cc1ccc(SCCc2nc(C3CNCCN3C)no2)cc1C. The van der Waals surface area contributed by atoms with Crippen LogP contribution in [-0.4, -0.2) is 47.5 Å². The summed E-state index contributed by atoms with van der Waals surface area (Å²) in [5.41, 5.74) is 2.67. The van der Waals surface area contributed by atoms with Crippen molar-refractivity contribution in [1.82, 2.24) is 20.4 Å². The van der Waals surface area contributed by atoms with Crippen molar-refractivity contribution in [3.05, 3.63) is 41.0 Å². The molecule has 2 heterocycles. The minimum absolute atomic E-state index is 0.216. The minimum atomic E-state index is 0.216. The van der Waals surface area contributed by atoms with E-state index >= 15 is 0 Å². The zero-order valence-electron chi connectivity index (χ0n) is 14.0. The number of thioether (sulfide) groups is 1. The Morgan fingerprint density at radius 2 is 2.22 bits per heavy atom. The molecule has 1 unspecified atom stereocenters. The summed E-state index contributed by atoms with van der Waals surface area (Å²) < 4.78 is 5.42. The standard InChI is InChI=1S/C17H24N4OS/c1-12-4-5-14(10-13(12)2)23-9-6-16-19-17(20-22-16)15-11-18-7-8-21(15)3/h4-5,10,15,18H,6-9,11H2,1-3H3. The second-order valence-electron chi connectivity index (χ2n) is 6.09. The average molecular weight is 332 g/mol. The van der Waals surface area contributed by atoms with Crippen LogP contribution in [0.5, 0.6) is 0 Å². The van der Waals surface area contributed by atoms with Gasteiger partial charge in [0.15, 0.2) is 5.82 Å². The molecular formula is C17H24N4OS. The fraction of sp³-hybridized carbons (Fsp3) is 0.529. The summed E-state index contributed by atoms with van der Waals surface area (Å²) >= 11 is 1.83. The van der Waals surface area contributed by atoms with E-state index in [1.54, 1.807) is 0 Å². The van der Waals surface area contributed by atoms with Gasteiger partial charge in [0.2, 0.25) is 5.89 Å². The van der Waals surface area contributed by atoms with Crippen LogP contribution in [0.25, 0.3) is 0 Å². The van der Waals surface area contributed by atoms with Crippen LogP contribution in [0.4, 0.5) is 0 Å². The van der Waals surface area contributed by atoms with E-state index in [0.29, 0.717) is 0 Å². The number of nitrogens with one attached hydrogen (secondary N) is 1. The van der Waals surface area contributed by atoms with Crippen molar-refractivity contribution in [2.45, 2.75) is 31.2 Å². The maximum absolute atomic E-state index is 5.42. The Kier molecular flexibility index (Phi) is 5.35. The van der Waals surface area contributed by atoms with Crippen LogP contribution in [-0.2, 0) is 6.42 Å². The Morgan fingerprint density at radius 3 is 3.00 bits per heavy atom. The maximum atomic E-state index is 5.42. The second-order valence-corrected chi connectivity index (χ2v) is 7.26. The Bertz CT molecular complexity index is 658. The molecule has 1 aromatic heterocycles. The Morgan fingerprint density at radius 1 is 1.35 bits per heavy atom. The molecule has 3 rings (SSSR count). The highest BCUT2D eigenvalue weighted by Gasteiger charge is 2.25. The lowest BCUT2D eigenvalue weighted by Gasteiger charge is -2.30. The van der Waals surface area contributed by atoms with Crippen LogP contribution in [0.1, 0.15) is 28.9 Å². The highest BCUT2D eigenvalue weighted by molar-refractivity contribution is 7.99. The summed E-state index contributed by atoms with van der Waals surface area (Å²) in [4.78, 5) is 8.14. The Hall–Kier alpha value is -1.37. The van der Waals surface area contributed by atoms with Crippen molar-refractivity contribution in [2.24, 2.45) is 0 Å². The first-order chi connectivity index (χ1) is 11.1. The van der Waals surface area contributed by atoms with E-state index in [2.05, 4.69) is 59.5 Å². The molecule has 1 aliphatic rings. The van der Waals surface area contributed by atoms with E-state index in [4.69, 9.17) is 4.52 Å². The van der Waals surface area contributed by atoms with Gasteiger partial charge >= 0.3 is 0 Å². The number of aromatic nitrogens is 2. The van der Waals surface area contributed by atoms with Gasteiger partial charge in [-0.05, 0) is 44.2 Å². The summed E-state index contributed by atoms with van der Waals surface area (Å²) in [5.74, 6) is 2.48. The number of benzene rings is 1. The molecule has 6 heteroatoms. The number of piperazine rings is 1. The molecule has 0 bridgehead atoms. The van der Waals surface area contributed by atoms with Gasteiger partial charge < -0.3 is 9.84 Å². The molecule has 5 nitrogen and oxygen atoms in total. The van der Waals surface area contributed by atoms with Gasteiger partial charge in [-0.3, -0.25) is 4.90 Å². The fourth-order valence-corrected chi connectivity index (χ4v) is 3.60. The molecular weight excluding hydrogens is 308 g/mol. The van der Waals surface area contributed by atoms with E-state index < -0.39 is 0 Å². The average Bonchev–Trinajstić information content (AvgIpc) is 3.00. The molecule has 1 N–H and O–H groups in total. The zero-order valence-corrected chi connectivity index (χ0v) is 14.8. The van der Waals surface area contributed by atoms with Crippen LogP contribution in [0, 0.1) is 13.8 Å². The first-order valence-electron chi connectivity index (χ1n) is 8.07. The molecule has 0 radical (unpaired) electrons. The predicted octanol–water partition coefficient (Wildman–Crippen LogP) is 2.60. The van der Waals surface area contributed by atoms with Crippen molar-refractivity contribution in [1.29, 1.82) is 0 Å². The molecule has 0 spiro atoms. The molecule has 1 fully saturated rings. The van der Waals surface area contributed by atoms with Crippen molar-refractivity contribution >= 4 is 11.8 Å². The fourth-order valence-electron chi connectivity index (χ4n) is 2.66. The third kappa shape index (κ3) is 4.13. The largest absolute Gasteiger partial charge is 0.339 e.